The highest BCUT2D eigenvalue weighted by Crippen LogP contribution is 2.34. The topological polar surface area (TPSA) is 35.5 Å². The third kappa shape index (κ3) is 1.94. The predicted molar refractivity (Wildman–Crippen MR) is 54.4 cm³/mol. The smallest absolute Gasteiger partial charge is 0.339 e. The quantitative estimate of drug-likeness (QED) is 0.739. The first-order valence-electron chi connectivity index (χ1n) is 3.72. The van der Waals surface area contributed by atoms with Crippen molar-refractivity contribution in [2.45, 2.75) is 0 Å². The maximum Gasteiger partial charge on any atom is 0.339 e. The van der Waals surface area contributed by atoms with Crippen molar-refractivity contribution in [1.29, 1.82) is 0 Å². The molecule has 0 aliphatic heterocycles. The number of carbonyl (C=O) groups is 1. The Bertz CT molecular complexity index is 363. The third-order valence-electron chi connectivity index (χ3n) is 1.67. The van der Waals surface area contributed by atoms with E-state index in [2.05, 4.69) is 4.74 Å². The van der Waals surface area contributed by atoms with Crippen LogP contribution in [-0.2, 0) is 4.74 Å². The van der Waals surface area contributed by atoms with Gasteiger partial charge in [-0.15, -0.1) is 0 Å². The van der Waals surface area contributed by atoms with Crippen LogP contribution in [0.25, 0.3) is 0 Å². The largest absolute Gasteiger partial charge is 0.495 e. The van der Waals surface area contributed by atoms with Crippen molar-refractivity contribution in [3.05, 3.63) is 27.7 Å². The monoisotopic (exact) mass is 234 g/mol. The summed E-state index contributed by atoms with van der Waals surface area (Å²) in [5, 5.41) is 0.343. The van der Waals surface area contributed by atoms with Gasteiger partial charge in [0.1, 0.15) is 10.8 Å². The van der Waals surface area contributed by atoms with E-state index in [1.165, 1.54) is 20.3 Å². The molecule has 0 bridgehead atoms. The molecule has 0 spiro atoms. The van der Waals surface area contributed by atoms with Gasteiger partial charge in [0.2, 0.25) is 0 Å². The van der Waals surface area contributed by atoms with Gasteiger partial charge < -0.3 is 9.47 Å². The Morgan fingerprint density at radius 3 is 2.36 bits per heavy atom. The molecule has 0 aliphatic rings. The molecule has 0 atom stereocenters. The van der Waals surface area contributed by atoms with E-state index in [1.54, 1.807) is 6.07 Å². The second-order valence-corrected chi connectivity index (χ2v) is 3.19. The van der Waals surface area contributed by atoms with Crippen LogP contribution in [0, 0.1) is 0 Å². The molecule has 1 aromatic carbocycles. The lowest BCUT2D eigenvalue weighted by Crippen LogP contribution is -2.02. The Morgan fingerprint density at radius 1 is 1.21 bits per heavy atom. The highest BCUT2D eigenvalue weighted by Gasteiger charge is 2.16. The minimum absolute atomic E-state index is 0.137. The van der Waals surface area contributed by atoms with Crippen LogP contribution in [0.15, 0.2) is 12.1 Å². The van der Waals surface area contributed by atoms with Crippen molar-refractivity contribution < 1.29 is 14.3 Å². The summed E-state index contributed by atoms with van der Waals surface area (Å²) in [5.41, 5.74) is 0.222. The first-order valence-corrected chi connectivity index (χ1v) is 4.47. The molecular weight excluding hydrogens is 227 g/mol. The number of hydrogen-bond donors (Lipinski definition) is 0. The maximum absolute atomic E-state index is 11.2. The molecule has 14 heavy (non-hydrogen) atoms. The fourth-order valence-electron chi connectivity index (χ4n) is 0.957. The van der Waals surface area contributed by atoms with E-state index in [-0.39, 0.29) is 15.6 Å². The highest BCUT2D eigenvalue weighted by atomic mass is 35.5. The lowest BCUT2D eigenvalue weighted by Gasteiger charge is -2.07. The summed E-state index contributed by atoms with van der Waals surface area (Å²) in [7, 11) is 2.74. The molecule has 0 heterocycles. The SMILES string of the molecule is COC(=O)c1ccc(OC)c(Cl)c1Cl. The van der Waals surface area contributed by atoms with Crippen LogP contribution in [0.3, 0.4) is 0 Å². The summed E-state index contributed by atoms with van der Waals surface area (Å²) >= 11 is 11.7. The van der Waals surface area contributed by atoms with Gasteiger partial charge >= 0.3 is 5.97 Å². The summed E-state index contributed by atoms with van der Waals surface area (Å²) < 4.78 is 9.45. The first-order chi connectivity index (χ1) is 6.61. The molecule has 0 amide bonds. The zero-order valence-corrected chi connectivity index (χ0v) is 9.15. The molecule has 3 nitrogen and oxygen atoms in total. The van der Waals surface area contributed by atoms with Crippen LogP contribution >= 0.6 is 23.2 Å². The van der Waals surface area contributed by atoms with Gasteiger partial charge in [-0.25, -0.2) is 4.79 Å². The number of ether oxygens (including phenoxy) is 2. The van der Waals surface area contributed by atoms with Gasteiger partial charge in [0.05, 0.1) is 24.8 Å². The second-order valence-electron chi connectivity index (χ2n) is 2.43. The van der Waals surface area contributed by atoms with E-state index in [0.29, 0.717) is 5.75 Å². The molecule has 0 saturated carbocycles. The number of esters is 1. The predicted octanol–water partition coefficient (Wildman–Crippen LogP) is 2.79. The minimum Gasteiger partial charge on any atom is -0.495 e. The molecular formula is C9H8Cl2O3. The van der Waals surface area contributed by atoms with Crippen molar-refractivity contribution in [3.8, 4) is 5.75 Å². The summed E-state index contributed by atoms with van der Waals surface area (Å²) in [6.45, 7) is 0. The molecule has 76 valence electrons. The molecule has 0 aliphatic carbocycles. The molecule has 1 aromatic rings. The van der Waals surface area contributed by atoms with Crippen LogP contribution in [0.5, 0.6) is 5.75 Å². The number of carbonyl (C=O) groups excluding carboxylic acids is 1. The van der Waals surface area contributed by atoms with Crippen LogP contribution in [-0.4, -0.2) is 20.2 Å². The fraction of sp³-hybridized carbons (Fsp3) is 0.222. The maximum atomic E-state index is 11.2. The van der Waals surface area contributed by atoms with Crippen molar-refractivity contribution in [2.24, 2.45) is 0 Å². The highest BCUT2D eigenvalue weighted by molar-refractivity contribution is 6.44. The van der Waals surface area contributed by atoms with Crippen molar-refractivity contribution >= 4 is 29.2 Å². The van der Waals surface area contributed by atoms with Crippen LogP contribution in [0.2, 0.25) is 10.0 Å². The Labute approximate surface area is 91.5 Å². The molecule has 0 saturated heterocycles. The lowest BCUT2D eigenvalue weighted by molar-refractivity contribution is 0.0601. The zero-order chi connectivity index (χ0) is 10.7. The Hall–Kier alpha value is -0.930. The number of benzene rings is 1. The van der Waals surface area contributed by atoms with Crippen LogP contribution < -0.4 is 4.74 Å². The molecule has 5 heteroatoms. The van der Waals surface area contributed by atoms with Crippen molar-refractivity contribution in [3.63, 3.8) is 0 Å². The lowest BCUT2D eigenvalue weighted by atomic mass is 10.2. The third-order valence-corrected chi connectivity index (χ3v) is 2.54. The molecule has 0 N–H and O–H groups in total. The van der Waals surface area contributed by atoms with E-state index in [0.717, 1.165) is 0 Å². The van der Waals surface area contributed by atoms with Gasteiger partial charge in [-0.3, -0.25) is 0 Å². The van der Waals surface area contributed by atoms with Gasteiger partial charge in [0.25, 0.3) is 0 Å². The van der Waals surface area contributed by atoms with Gasteiger partial charge in [0.15, 0.2) is 0 Å². The number of halogens is 2. The average molecular weight is 235 g/mol. The van der Waals surface area contributed by atoms with Gasteiger partial charge in [0, 0.05) is 0 Å². The normalized spacial score (nSPS) is 9.71. The van der Waals surface area contributed by atoms with E-state index in [1.807, 2.05) is 0 Å². The summed E-state index contributed by atoms with van der Waals surface area (Å²) in [5.74, 6) is -0.108. The molecule has 0 radical (unpaired) electrons. The van der Waals surface area contributed by atoms with Crippen molar-refractivity contribution in [2.75, 3.05) is 14.2 Å². The van der Waals surface area contributed by atoms with E-state index in [4.69, 9.17) is 27.9 Å². The minimum atomic E-state index is -0.528. The standard InChI is InChI=1S/C9H8Cl2O3/c1-13-6-4-3-5(9(12)14-2)7(10)8(6)11/h3-4H,1-2H3. The summed E-state index contributed by atoms with van der Waals surface area (Å²) in [6.07, 6.45) is 0. The van der Waals surface area contributed by atoms with Gasteiger partial charge in [-0.2, -0.15) is 0 Å². The van der Waals surface area contributed by atoms with Crippen LogP contribution in [0.4, 0.5) is 0 Å². The first kappa shape index (κ1) is 11.1. The number of hydrogen-bond acceptors (Lipinski definition) is 3. The van der Waals surface area contributed by atoms with E-state index >= 15 is 0 Å². The second kappa shape index (κ2) is 4.53. The van der Waals surface area contributed by atoms with Gasteiger partial charge in [-0.1, -0.05) is 23.2 Å². The fourth-order valence-corrected chi connectivity index (χ4v) is 1.43. The Balaban J connectivity index is 3.24. The number of rotatable bonds is 2. The van der Waals surface area contributed by atoms with E-state index in [9.17, 15) is 4.79 Å². The molecule has 0 unspecified atom stereocenters. The number of methoxy groups -OCH3 is 2. The zero-order valence-electron chi connectivity index (χ0n) is 7.64. The van der Waals surface area contributed by atoms with E-state index < -0.39 is 5.97 Å². The van der Waals surface area contributed by atoms with Crippen LogP contribution in [0.1, 0.15) is 10.4 Å². The summed E-state index contributed by atoms with van der Waals surface area (Å²) in [4.78, 5) is 11.2. The average Bonchev–Trinajstić information content (AvgIpc) is 2.21. The molecule has 0 fully saturated rings. The summed E-state index contributed by atoms with van der Waals surface area (Å²) in [6, 6.07) is 3.05. The Kier molecular flexibility index (Phi) is 3.61. The van der Waals surface area contributed by atoms with Gasteiger partial charge in [-0.05, 0) is 12.1 Å². The van der Waals surface area contributed by atoms with Crippen molar-refractivity contribution in [1.82, 2.24) is 0 Å². The Morgan fingerprint density at radius 2 is 1.86 bits per heavy atom. The molecule has 0 aromatic heterocycles. The molecule has 1 rings (SSSR count).